The van der Waals surface area contributed by atoms with Crippen molar-refractivity contribution in [3.8, 4) is 0 Å². The van der Waals surface area contributed by atoms with E-state index in [2.05, 4.69) is 4.98 Å². The number of thioether (sulfide) groups is 1. The molecule has 0 N–H and O–H groups in total. The van der Waals surface area contributed by atoms with Crippen LogP contribution < -0.4 is 0 Å². The Morgan fingerprint density at radius 1 is 1.19 bits per heavy atom. The van der Waals surface area contributed by atoms with E-state index in [0.29, 0.717) is 48.8 Å². The predicted molar refractivity (Wildman–Crippen MR) is 120 cm³/mol. The van der Waals surface area contributed by atoms with Crippen molar-refractivity contribution in [2.75, 3.05) is 19.7 Å². The van der Waals surface area contributed by atoms with Crippen LogP contribution in [-0.4, -0.2) is 47.9 Å². The number of imidazole rings is 1. The molecule has 2 aromatic heterocycles. The Labute approximate surface area is 186 Å². The molecule has 0 spiro atoms. The molecule has 0 fully saturated rings. The Hall–Kier alpha value is -2.30. The third kappa shape index (κ3) is 4.65. The lowest BCUT2D eigenvalue weighted by molar-refractivity contribution is 0.0524. The normalized spacial score (nSPS) is 12.0. The van der Waals surface area contributed by atoms with Crippen LogP contribution in [0.15, 0.2) is 45.0 Å². The monoisotopic (exact) mass is 465 g/mol. The number of esters is 1. The Morgan fingerprint density at radius 3 is 2.58 bits per heavy atom. The molecule has 0 aliphatic heterocycles. The minimum Gasteiger partial charge on any atom is -0.468 e. The van der Waals surface area contributed by atoms with Crippen LogP contribution in [0.1, 0.15) is 43.8 Å². The number of furan rings is 1. The zero-order chi connectivity index (χ0) is 22.6. The SMILES string of the molecule is CCOC(=O)c1ccoc1CSc1nc2cc(S(=O)(=O)N(CC)CC)ccc2n1CC. The number of ether oxygens (including phenoxy) is 1. The fraction of sp³-hybridized carbons (Fsp3) is 0.429. The van der Waals surface area contributed by atoms with Crippen molar-refractivity contribution in [3.63, 3.8) is 0 Å². The number of fused-ring (bicyclic) bond motifs is 1. The molecule has 10 heteroatoms. The van der Waals surface area contributed by atoms with Gasteiger partial charge < -0.3 is 13.7 Å². The van der Waals surface area contributed by atoms with Crippen LogP contribution in [-0.2, 0) is 27.1 Å². The molecule has 3 aromatic rings. The molecule has 2 heterocycles. The first-order valence-electron chi connectivity index (χ1n) is 10.2. The van der Waals surface area contributed by atoms with Crippen LogP contribution in [0.25, 0.3) is 11.0 Å². The molecule has 0 atom stereocenters. The fourth-order valence-electron chi connectivity index (χ4n) is 3.35. The first kappa shape index (κ1) is 23.4. The molecule has 31 heavy (non-hydrogen) atoms. The van der Waals surface area contributed by atoms with Gasteiger partial charge in [0.25, 0.3) is 0 Å². The van der Waals surface area contributed by atoms with Crippen LogP contribution in [0, 0.1) is 0 Å². The van der Waals surface area contributed by atoms with Crippen LogP contribution in [0.2, 0.25) is 0 Å². The zero-order valence-corrected chi connectivity index (χ0v) is 19.8. The molecule has 0 unspecified atom stereocenters. The fourth-order valence-corrected chi connectivity index (χ4v) is 5.86. The van der Waals surface area contributed by atoms with E-state index < -0.39 is 16.0 Å². The number of rotatable bonds is 10. The summed E-state index contributed by atoms with van der Waals surface area (Å²) in [6.45, 7) is 9.18. The first-order chi connectivity index (χ1) is 14.9. The number of carbonyl (C=O) groups excluding carboxylic acids is 1. The molecule has 0 saturated heterocycles. The summed E-state index contributed by atoms with van der Waals surface area (Å²) in [5.74, 6) is 0.500. The summed E-state index contributed by atoms with van der Waals surface area (Å²) in [4.78, 5) is 17.0. The van der Waals surface area contributed by atoms with Gasteiger partial charge in [-0.05, 0) is 38.1 Å². The average molecular weight is 466 g/mol. The molecule has 0 saturated carbocycles. The standard InChI is InChI=1S/C21H27N3O5S2/c1-5-23(6-2)31(26,27)15-9-10-18-17(13-15)22-21(24(18)7-3)30-14-19-16(11-12-29-19)20(25)28-8-4/h9-13H,5-8,14H2,1-4H3. The van der Waals surface area contributed by atoms with Gasteiger partial charge in [0, 0.05) is 19.6 Å². The molecule has 0 bridgehead atoms. The highest BCUT2D eigenvalue weighted by Crippen LogP contribution is 2.30. The van der Waals surface area contributed by atoms with Crippen molar-refractivity contribution in [2.24, 2.45) is 0 Å². The van der Waals surface area contributed by atoms with Gasteiger partial charge in [-0.15, -0.1) is 0 Å². The molecule has 0 radical (unpaired) electrons. The second kappa shape index (κ2) is 9.88. The van der Waals surface area contributed by atoms with E-state index in [1.54, 1.807) is 31.2 Å². The number of aromatic nitrogens is 2. The first-order valence-corrected chi connectivity index (χ1v) is 12.7. The lowest BCUT2D eigenvalue weighted by atomic mass is 10.3. The lowest BCUT2D eigenvalue weighted by Gasteiger charge is -2.18. The maximum Gasteiger partial charge on any atom is 0.341 e. The van der Waals surface area contributed by atoms with E-state index in [1.165, 1.54) is 22.3 Å². The molecule has 0 aliphatic carbocycles. The second-order valence-corrected chi connectivity index (χ2v) is 9.53. The highest BCUT2D eigenvalue weighted by atomic mass is 32.2. The smallest absolute Gasteiger partial charge is 0.341 e. The number of nitrogens with zero attached hydrogens (tertiary/aromatic N) is 3. The Morgan fingerprint density at radius 2 is 1.94 bits per heavy atom. The Bertz CT molecular complexity index is 1160. The maximum absolute atomic E-state index is 12.9. The zero-order valence-electron chi connectivity index (χ0n) is 18.1. The number of hydrogen-bond donors (Lipinski definition) is 0. The lowest BCUT2D eigenvalue weighted by Crippen LogP contribution is -2.30. The quantitative estimate of drug-likeness (QED) is 0.328. The van der Waals surface area contributed by atoms with Gasteiger partial charge in [0.2, 0.25) is 10.0 Å². The van der Waals surface area contributed by atoms with E-state index in [0.717, 1.165) is 10.7 Å². The third-order valence-corrected chi connectivity index (χ3v) is 7.94. The summed E-state index contributed by atoms with van der Waals surface area (Å²) in [5, 5.41) is 0.723. The number of hydrogen-bond acceptors (Lipinski definition) is 7. The Kier molecular flexibility index (Phi) is 7.45. The van der Waals surface area contributed by atoms with Crippen molar-refractivity contribution in [1.82, 2.24) is 13.9 Å². The van der Waals surface area contributed by atoms with Gasteiger partial charge in [0.05, 0.1) is 34.6 Å². The van der Waals surface area contributed by atoms with Gasteiger partial charge in [0.15, 0.2) is 5.16 Å². The summed E-state index contributed by atoms with van der Waals surface area (Å²) in [5.41, 5.74) is 1.87. The summed E-state index contributed by atoms with van der Waals surface area (Å²) in [6, 6.07) is 6.64. The van der Waals surface area contributed by atoms with E-state index >= 15 is 0 Å². The van der Waals surface area contributed by atoms with E-state index in [-0.39, 0.29) is 4.90 Å². The minimum absolute atomic E-state index is 0.233. The van der Waals surface area contributed by atoms with Crippen molar-refractivity contribution < 1.29 is 22.4 Å². The molecular formula is C21H27N3O5S2. The Balaban J connectivity index is 1.91. The van der Waals surface area contributed by atoms with Gasteiger partial charge in [0.1, 0.15) is 11.3 Å². The van der Waals surface area contributed by atoms with Crippen LogP contribution in [0.5, 0.6) is 0 Å². The maximum atomic E-state index is 12.9. The van der Waals surface area contributed by atoms with Crippen LogP contribution >= 0.6 is 11.8 Å². The van der Waals surface area contributed by atoms with E-state index in [4.69, 9.17) is 9.15 Å². The molecule has 0 aliphatic rings. The van der Waals surface area contributed by atoms with Gasteiger partial charge in [-0.2, -0.15) is 4.31 Å². The van der Waals surface area contributed by atoms with Crippen molar-refractivity contribution in [3.05, 3.63) is 41.9 Å². The summed E-state index contributed by atoms with van der Waals surface area (Å²) < 4.78 is 39.7. The minimum atomic E-state index is -3.56. The number of carbonyl (C=O) groups is 1. The molecule has 8 nitrogen and oxygen atoms in total. The van der Waals surface area contributed by atoms with Gasteiger partial charge in [-0.1, -0.05) is 25.6 Å². The molecule has 1 aromatic carbocycles. The van der Waals surface area contributed by atoms with Crippen LogP contribution in [0.3, 0.4) is 0 Å². The highest BCUT2D eigenvalue weighted by molar-refractivity contribution is 7.98. The molecule has 0 amide bonds. The van der Waals surface area contributed by atoms with Gasteiger partial charge in [-0.25, -0.2) is 18.2 Å². The molecule has 168 valence electrons. The topological polar surface area (TPSA) is 94.6 Å². The second-order valence-electron chi connectivity index (χ2n) is 6.65. The summed E-state index contributed by atoms with van der Waals surface area (Å²) in [6.07, 6.45) is 1.47. The number of aryl methyl sites for hydroxylation is 1. The highest BCUT2D eigenvalue weighted by Gasteiger charge is 2.23. The largest absolute Gasteiger partial charge is 0.468 e. The molecule has 3 rings (SSSR count). The van der Waals surface area contributed by atoms with E-state index in [1.807, 2.05) is 25.3 Å². The predicted octanol–water partition coefficient (Wildman–Crippen LogP) is 4.15. The van der Waals surface area contributed by atoms with Crippen molar-refractivity contribution in [2.45, 2.75) is 50.0 Å². The molecular weight excluding hydrogens is 438 g/mol. The van der Waals surface area contributed by atoms with Gasteiger partial charge >= 0.3 is 5.97 Å². The summed E-state index contributed by atoms with van der Waals surface area (Å²) in [7, 11) is -3.56. The van der Waals surface area contributed by atoms with E-state index in [9.17, 15) is 13.2 Å². The van der Waals surface area contributed by atoms with Crippen molar-refractivity contribution >= 4 is 38.8 Å². The number of sulfonamides is 1. The van der Waals surface area contributed by atoms with Crippen LogP contribution in [0.4, 0.5) is 0 Å². The van der Waals surface area contributed by atoms with Crippen molar-refractivity contribution in [1.29, 1.82) is 0 Å². The third-order valence-electron chi connectivity index (χ3n) is 4.92. The average Bonchev–Trinajstić information content (AvgIpc) is 3.36. The summed E-state index contributed by atoms with van der Waals surface area (Å²) >= 11 is 1.42. The van der Waals surface area contributed by atoms with Gasteiger partial charge in [-0.3, -0.25) is 0 Å². The number of benzene rings is 1.